The molecule has 2 aliphatic heterocycles. The predicted molar refractivity (Wildman–Crippen MR) is 125 cm³/mol. The van der Waals surface area contributed by atoms with Crippen molar-refractivity contribution in [3.05, 3.63) is 52.9 Å². The van der Waals surface area contributed by atoms with Crippen molar-refractivity contribution in [3.8, 4) is 0 Å². The Morgan fingerprint density at radius 1 is 1.19 bits per heavy atom. The van der Waals surface area contributed by atoms with Crippen LogP contribution in [-0.4, -0.2) is 59.8 Å². The van der Waals surface area contributed by atoms with Gasteiger partial charge in [0, 0.05) is 32.3 Å². The van der Waals surface area contributed by atoms with Gasteiger partial charge in [0.25, 0.3) is 5.91 Å². The van der Waals surface area contributed by atoms with Crippen molar-refractivity contribution in [1.82, 2.24) is 15.0 Å². The quantitative estimate of drug-likeness (QED) is 0.600. The number of aromatic nitrogens is 1. The van der Waals surface area contributed by atoms with E-state index in [1.807, 2.05) is 4.90 Å². The molecule has 2 aliphatic rings. The van der Waals surface area contributed by atoms with Gasteiger partial charge >= 0.3 is 0 Å². The molecule has 0 spiro atoms. The van der Waals surface area contributed by atoms with Gasteiger partial charge in [-0.05, 0) is 68.7 Å². The zero-order valence-electron chi connectivity index (χ0n) is 19.8. The number of benzene rings is 1. The number of hydrogen-bond acceptors (Lipinski definition) is 5. The van der Waals surface area contributed by atoms with Crippen LogP contribution in [0.15, 0.2) is 34.9 Å². The molecule has 1 unspecified atom stereocenters. The number of aryl methyl sites for hydroxylation is 1. The van der Waals surface area contributed by atoms with Gasteiger partial charge in [-0.3, -0.25) is 9.69 Å². The lowest BCUT2D eigenvalue weighted by atomic mass is 9.95. The SMILES string of the molecule is Cc1ccccc1CN1CCC(CN(CC2CCCO2)C(=O)c2cc(C(C)C)no2)CC1. The monoisotopic (exact) mass is 439 g/mol. The summed E-state index contributed by atoms with van der Waals surface area (Å²) in [6.45, 7) is 11.6. The highest BCUT2D eigenvalue weighted by Gasteiger charge is 2.29. The summed E-state index contributed by atoms with van der Waals surface area (Å²) in [4.78, 5) is 17.8. The molecular weight excluding hydrogens is 402 g/mol. The molecule has 2 fully saturated rings. The molecule has 6 nitrogen and oxygen atoms in total. The van der Waals surface area contributed by atoms with Crippen molar-refractivity contribution < 1.29 is 14.1 Å². The van der Waals surface area contributed by atoms with Crippen LogP contribution in [0.4, 0.5) is 0 Å². The molecule has 2 saturated heterocycles. The second-order valence-electron chi connectivity index (χ2n) is 9.76. The maximum Gasteiger partial charge on any atom is 0.292 e. The van der Waals surface area contributed by atoms with Crippen LogP contribution in [0.5, 0.6) is 0 Å². The minimum Gasteiger partial charge on any atom is -0.376 e. The Labute approximate surface area is 191 Å². The zero-order chi connectivity index (χ0) is 22.5. The van der Waals surface area contributed by atoms with Gasteiger partial charge in [0.15, 0.2) is 0 Å². The van der Waals surface area contributed by atoms with Gasteiger partial charge in [-0.25, -0.2) is 0 Å². The molecular formula is C26H37N3O3. The zero-order valence-corrected chi connectivity index (χ0v) is 19.8. The first kappa shape index (κ1) is 23.0. The summed E-state index contributed by atoms with van der Waals surface area (Å²) >= 11 is 0. The number of carbonyl (C=O) groups excluding carboxylic acids is 1. The van der Waals surface area contributed by atoms with Crippen LogP contribution in [0.3, 0.4) is 0 Å². The second-order valence-corrected chi connectivity index (χ2v) is 9.76. The number of amides is 1. The van der Waals surface area contributed by atoms with E-state index in [1.54, 1.807) is 6.07 Å². The third kappa shape index (κ3) is 5.78. The molecule has 2 aromatic rings. The van der Waals surface area contributed by atoms with Gasteiger partial charge in [-0.2, -0.15) is 0 Å². The largest absolute Gasteiger partial charge is 0.376 e. The molecule has 1 aromatic carbocycles. The van der Waals surface area contributed by atoms with E-state index in [-0.39, 0.29) is 17.9 Å². The lowest BCUT2D eigenvalue weighted by molar-refractivity contribution is 0.0416. The minimum absolute atomic E-state index is 0.0535. The van der Waals surface area contributed by atoms with Crippen LogP contribution in [0.25, 0.3) is 0 Å². The van der Waals surface area contributed by atoms with Crippen molar-refractivity contribution in [2.75, 3.05) is 32.8 Å². The van der Waals surface area contributed by atoms with Gasteiger partial charge in [-0.1, -0.05) is 43.3 Å². The molecule has 0 bridgehead atoms. The second kappa shape index (κ2) is 10.6. The lowest BCUT2D eigenvalue weighted by Crippen LogP contribution is -2.43. The summed E-state index contributed by atoms with van der Waals surface area (Å²) in [6.07, 6.45) is 4.44. The smallest absolute Gasteiger partial charge is 0.292 e. The fourth-order valence-corrected chi connectivity index (χ4v) is 4.76. The first-order valence-electron chi connectivity index (χ1n) is 12.1. The van der Waals surface area contributed by atoms with Crippen LogP contribution in [0.1, 0.15) is 72.8 Å². The van der Waals surface area contributed by atoms with E-state index < -0.39 is 0 Å². The van der Waals surface area contributed by atoms with E-state index in [1.165, 1.54) is 11.1 Å². The maximum absolute atomic E-state index is 13.3. The highest BCUT2D eigenvalue weighted by molar-refractivity contribution is 5.91. The van der Waals surface area contributed by atoms with Crippen LogP contribution >= 0.6 is 0 Å². The highest BCUT2D eigenvalue weighted by atomic mass is 16.5. The van der Waals surface area contributed by atoms with E-state index in [0.717, 1.165) is 64.2 Å². The van der Waals surface area contributed by atoms with Gasteiger partial charge in [0.2, 0.25) is 5.76 Å². The Morgan fingerprint density at radius 3 is 2.62 bits per heavy atom. The molecule has 1 aromatic heterocycles. The molecule has 174 valence electrons. The molecule has 32 heavy (non-hydrogen) atoms. The highest BCUT2D eigenvalue weighted by Crippen LogP contribution is 2.24. The van der Waals surface area contributed by atoms with Crippen LogP contribution in [0, 0.1) is 12.8 Å². The normalized spacial score (nSPS) is 20.2. The minimum atomic E-state index is -0.0535. The molecule has 1 atom stereocenters. The number of nitrogens with zero attached hydrogens (tertiary/aromatic N) is 3. The Bertz CT molecular complexity index is 880. The third-order valence-electron chi connectivity index (χ3n) is 6.91. The standard InChI is InChI=1S/C26H37N3O3/c1-19(2)24-15-25(32-27-24)26(30)29(18-23-9-6-14-31-23)16-21-10-12-28(13-11-21)17-22-8-5-4-7-20(22)3/h4-5,7-8,15,19,21,23H,6,9-14,16-18H2,1-3H3. The van der Waals surface area contributed by atoms with E-state index in [4.69, 9.17) is 9.26 Å². The molecule has 4 rings (SSSR count). The molecule has 3 heterocycles. The first-order chi connectivity index (χ1) is 15.5. The molecule has 1 amide bonds. The van der Waals surface area contributed by atoms with Crippen molar-refractivity contribution in [1.29, 1.82) is 0 Å². The van der Waals surface area contributed by atoms with E-state index >= 15 is 0 Å². The van der Waals surface area contributed by atoms with E-state index in [2.05, 4.69) is 55.1 Å². The Kier molecular flexibility index (Phi) is 7.63. The van der Waals surface area contributed by atoms with E-state index in [9.17, 15) is 4.79 Å². The topological polar surface area (TPSA) is 58.8 Å². The van der Waals surface area contributed by atoms with E-state index in [0.29, 0.717) is 18.2 Å². The molecule has 0 saturated carbocycles. The number of likely N-dealkylation sites (tertiary alicyclic amines) is 1. The Morgan fingerprint density at radius 2 is 1.97 bits per heavy atom. The Balaban J connectivity index is 1.36. The third-order valence-corrected chi connectivity index (χ3v) is 6.91. The average molecular weight is 440 g/mol. The fraction of sp³-hybridized carbons (Fsp3) is 0.615. The van der Waals surface area contributed by atoms with Gasteiger partial charge in [-0.15, -0.1) is 0 Å². The number of ether oxygens (including phenoxy) is 1. The number of hydrogen-bond donors (Lipinski definition) is 0. The number of carbonyl (C=O) groups is 1. The number of piperidine rings is 1. The maximum atomic E-state index is 13.3. The lowest BCUT2D eigenvalue weighted by Gasteiger charge is -2.35. The van der Waals surface area contributed by atoms with Crippen LogP contribution in [-0.2, 0) is 11.3 Å². The number of rotatable bonds is 8. The fourth-order valence-electron chi connectivity index (χ4n) is 4.76. The summed E-state index contributed by atoms with van der Waals surface area (Å²) in [5, 5.41) is 4.09. The predicted octanol–water partition coefficient (Wildman–Crippen LogP) is 4.64. The average Bonchev–Trinajstić information content (AvgIpc) is 3.48. The summed E-state index contributed by atoms with van der Waals surface area (Å²) < 4.78 is 11.3. The molecule has 0 aliphatic carbocycles. The van der Waals surface area contributed by atoms with Crippen molar-refractivity contribution in [2.24, 2.45) is 5.92 Å². The van der Waals surface area contributed by atoms with Crippen molar-refractivity contribution >= 4 is 5.91 Å². The summed E-state index contributed by atoms with van der Waals surface area (Å²) in [7, 11) is 0. The first-order valence-corrected chi connectivity index (χ1v) is 12.1. The molecule has 0 radical (unpaired) electrons. The van der Waals surface area contributed by atoms with Gasteiger partial charge in [0.1, 0.15) is 0 Å². The van der Waals surface area contributed by atoms with Gasteiger partial charge in [0.05, 0.1) is 11.8 Å². The van der Waals surface area contributed by atoms with Crippen molar-refractivity contribution in [3.63, 3.8) is 0 Å². The van der Waals surface area contributed by atoms with Crippen molar-refractivity contribution in [2.45, 2.75) is 65.0 Å². The molecule has 0 N–H and O–H groups in total. The van der Waals surface area contributed by atoms with Gasteiger partial charge < -0.3 is 14.2 Å². The summed E-state index contributed by atoms with van der Waals surface area (Å²) in [6, 6.07) is 10.4. The summed E-state index contributed by atoms with van der Waals surface area (Å²) in [5.41, 5.74) is 3.60. The summed E-state index contributed by atoms with van der Waals surface area (Å²) in [5.74, 6) is 1.04. The van der Waals surface area contributed by atoms with Crippen LogP contribution in [0.2, 0.25) is 0 Å². The Hall–Kier alpha value is -2.18. The van der Waals surface area contributed by atoms with Crippen LogP contribution < -0.4 is 0 Å². The molecule has 6 heteroatoms.